The molecule has 0 bridgehead atoms. The first-order chi connectivity index (χ1) is 10.5. The van der Waals surface area contributed by atoms with Crippen molar-refractivity contribution in [2.24, 2.45) is 17.8 Å². The van der Waals surface area contributed by atoms with Gasteiger partial charge in [-0.05, 0) is 42.6 Å². The molecule has 1 saturated carbocycles. The molecule has 1 aliphatic rings. The summed E-state index contributed by atoms with van der Waals surface area (Å²) in [4.78, 5) is 13.4. The number of benzene rings is 1. The second-order valence-electron chi connectivity index (χ2n) is 6.76. The van der Waals surface area contributed by atoms with E-state index in [1.54, 1.807) is 4.90 Å². The summed E-state index contributed by atoms with van der Waals surface area (Å²) in [5, 5.41) is 18.8. The highest BCUT2D eigenvalue weighted by Crippen LogP contribution is 2.47. The molecule has 4 nitrogen and oxygen atoms in total. The molecule has 2 unspecified atom stereocenters. The fourth-order valence-electron chi connectivity index (χ4n) is 3.36. The molecule has 0 saturated heterocycles. The number of nitrogens with zero attached hydrogens (tertiary/aromatic N) is 1. The number of hydrogen-bond donors (Lipinski definition) is 2. The molecular formula is C18H27NO3. The molecule has 0 radical (unpaired) electrons. The topological polar surface area (TPSA) is 60.8 Å². The van der Waals surface area contributed by atoms with Gasteiger partial charge >= 0.3 is 6.09 Å². The molecule has 1 amide bonds. The molecule has 2 rings (SSSR count). The van der Waals surface area contributed by atoms with Crippen LogP contribution in [0.4, 0.5) is 4.79 Å². The molecule has 0 aliphatic heterocycles. The maximum absolute atomic E-state index is 11.8. The Labute approximate surface area is 132 Å². The van der Waals surface area contributed by atoms with Gasteiger partial charge in [-0.3, -0.25) is 0 Å². The highest BCUT2D eigenvalue weighted by atomic mass is 16.4. The first kappa shape index (κ1) is 16.8. The van der Waals surface area contributed by atoms with Crippen LogP contribution in [0.15, 0.2) is 30.3 Å². The molecule has 1 aromatic carbocycles. The van der Waals surface area contributed by atoms with Crippen molar-refractivity contribution in [3.63, 3.8) is 0 Å². The molecule has 0 spiro atoms. The maximum Gasteiger partial charge on any atom is 0.407 e. The average Bonchev–Trinajstić information content (AvgIpc) is 3.23. The number of carbonyl (C=O) groups is 1. The third-order valence-corrected chi connectivity index (χ3v) is 4.53. The molecule has 2 N–H and O–H groups in total. The van der Waals surface area contributed by atoms with E-state index in [9.17, 15) is 9.90 Å². The van der Waals surface area contributed by atoms with Gasteiger partial charge in [-0.2, -0.15) is 0 Å². The van der Waals surface area contributed by atoms with Gasteiger partial charge in [0.25, 0.3) is 0 Å². The number of amides is 1. The Hall–Kier alpha value is -1.55. The molecule has 22 heavy (non-hydrogen) atoms. The van der Waals surface area contributed by atoms with Gasteiger partial charge in [0.2, 0.25) is 0 Å². The van der Waals surface area contributed by atoms with E-state index < -0.39 is 6.09 Å². The molecule has 1 aliphatic carbocycles. The van der Waals surface area contributed by atoms with Crippen LogP contribution in [0.5, 0.6) is 0 Å². The zero-order chi connectivity index (χ0) is 16.1. The van der Waals surface area contributed by atoms with E-state index in [0.717, 1.165) is 24.8 Å². The summed E-state index contributed by atoms with van der Waals surface area (Å²) in [7, 11) is 0. The fourth-order valence-corrected chi connectivity index (χ4v) is 3.36. The van der Waals surface area contributed by atoms with Gasteiger partial charge in [0.15, 0.2) is 0 Å². The van der Waals surface area contributed by atoms with E-state index in [1.165, 1.54) is 0 Å². The van der Waals surface area contributed by atoms with Crippen LogP contribution in [0.1, 0.15) is 38.7 Å². The van der Waals surface area contributed by atoms with Crippen molar-refractivity contribution < 1.29 is 15.0 Å². The van der Waals surface area contributed by atoms with E-state index >= 15 is 0 Å². The number of aliphatic hydroxyl groups is 1. The Morgan fingerprint density at radius 3 is 2.55 bits per heavy atom. The largest absolute Gasteiger partial charge is 0.465 e. The fraction of sp³-hybridized carbons (Fsp3) is 0.611. The number of rotatable bonds is 8. The number of aliphatic hydroxyl groups excluding tert-OH is 1. The highest BCUT2D eigenvalue weighted by Gasteiger charge is 2.45. The van der Waals surface area contributed by atoms with Gasteiger partial charge in [0, 0.05) is 19.2 Å². The Kier molecular flexibility index (Phi) is 5.83. The highest BCUT2D eigenvalue weighted by molar-refractivity contribution is 5.65. The van der Waals surface area contributed by atoms with Gasteiger partial charge in [0.1, 0.15) is 0 Å². The second-order valence-corrected chi connectivity index (χ2v) is 6.76. The first-order valence-electron chi connectivity index (χ1n) is 8.17. The molecule has 1 fully saturated rings. The van der Waals surface area contributed by atoms with Crippen LogP contribution >= 0.6 is 0 Å². The molecule has 3 atom stereocenters. The average molecular weight is 305 g/mol. The Morgan fingerprint density at radius 2 is 2.00 bits per heavy atom. The van der Waals surface area contributed by atoms with Gasteiger partial charge in [0.05, 0.1) is 0 Å². The smallest absolute Gasteiger partial charge is 0.407 e. The standard InChI is InChI=1S/C18H27NO3/c1-13(2)10-17(16-11-15(16)8-9-20)19(18(21)22)12-14-6-4-3-5-7-14/h3-7,13,15-17,20H,8-12H2,1-2H3,(H,21,22)/t15?,16?,17-/m0/s1. The van der Waals surface area contributed by atoms with Crippen molar-refractivity contribution in [1.29, 1.82) is 0 Å². The van der Waals surface area contributed by atoms with E-state index in [2.05, 4.69) is 13.8 Å². The monoisotopic (exact) mass is 305 g/mol. The van der Waals surface area contributed by atoms with Crippen LogP contribution in [0.2, 0.25) is 0 Å². The number of carboxylic acid groups (broad SMARTS) is 1. The van der Waals surface area contributed by atoms with Crippen LogP contribution in [-0.2, 0) is 6.54 Å². The van der Waals surface area contributed by atoms with E-state index in [-0.39, 0.29) is 12.6 Å². The third-order valence-electron chi connectivity index (χ3n) is 4.53. The minimum atomic E-state index is -0.843. The minimum Gasteiger partial charge on any atom is -0.465 e. The summed E-state index contributed by atoms with van der Waals surface area (Å²) < 4.78 is 0. The zero-order valence-corrected chi connectivity index (χ0v) is 13.5. The summed E-state index contributed by atoms with van der Waals surface area (Å²) in [5.74, 6) is 1.33. The lowest BCUT2D eigenvalue weighted by Crippen LogP contribution is -2.41. The van der Waals surface area contributed by atoms with Crippen molar-refractivity contribution in [3.05, 3.63) is 35.9 Å². The minimum absolute atomic E-state index is 0.0502. The lowest BCUT2D eigenvalue weighted by Gasteiger charge is -2.31. The Bertz CT molecular complexity index is 474. The summed E-state index contributed by atoms with van der Waals surface area (Å²) in [5.41, 5.74) is 1.03. The lowest BCUT2D eigenvalue weighted by molar-refractivity contribution is 0.102. The first-order valence-corrected chi connectivity index (χ1v) is 8.17. The van der Waals surface area contributed by atoms with Crippen LogP contribution in [0, 0.1) is 17.8 Å². The maximum atomic E-state index is 11.8. The normalized spacial score (nSPS) is 21.6. The van der Waals surface area contributed by atoms with Crippen molar-refractivity contribution in [2.75, 3.05) is 6.61 Å². The van der Waals surface area contributed by atoms with Gasteiger partial charge in [-0.1, -0.05) is 44.2 Å². The van der Waals surface area contributed by atoms with Crippen molar-refractivity contribution in [3.8, 4) is 0 Å². The van der Waals surface area contributed by atoms with E-state index in [1.807, 2.05) is 30.3 Å². The predicted molar refractivity (Wildman–Crippen MR) is 86.6 cm³/mol. The predicted octanol–water partition coefficient (Wildman–Crippen LogP) is 3.60. The van der Waals surface area contributed by atoms with Crippen LogP contribution < -0.4 is 0 Å². The van der Waals surface area contributed by atoms with E-state index in [4.69, 9.17) is 5.11 Å². The van der Waals surface area contributed by atoms with Crippen LogP contribution in [0.25, 0.3) is 0 Å². The molecule has 4 heteroatoms. The quantitative estimate of drug-likeness (QED) is 0.771. The SMILES string of the molecule is CC(C)C[C@@H](C1CC1CCO)N(Cc1ccccc1)C(=O)O. The van der Waals surface area contributed by atoms with Gasteiger partial charge < -0.3 is 15.1 Å². The molecule has 122 valence electrons. The van der Waals surface area contributed by atoms with E-state index in [0.29, 0.717) is 24.3 Å². The van der Waals surface area contributed by atoms with Crippen molar-refractivity contribution in [2.45, 2.75) is 45.7 Å². The third kappa shape index (κ3) is 4.47. The van der Waals surface area contributed by atoms with Gasteiger partial charge in [-0.25, -0.2) is 4.79 Å². The van der Waals surface area contributed by atoms with Crippen molar-refractivity contribution in [1.82, 2.24) is 4.90 Å². The molecule has 1 aromatic rings. The summed E-state index contributed by atoms with van der Waals surface area (Å²) >= 11 is 0. The second kappa shape index (κ2) is 7.63. The zero-order valence-electron chi connectivity index (χ0n) is 13.5. The number of hydrogen-bond acceptors (Lipinski definition) is 2. The van der Waals surface area contributed by atoms with Crippen LogP contribution in [0.3, 0.4) is 0 Å². The molecule has 0 aromatic heterocycles. The summed E-state index contributed by atoms with van der Waals surface area (Å²) in [6.45, 7) is 4.91. The molecule has 0 heterocycles. The molecular weight excluding hydrogens is 278 g/mol. The Balaban J connectivity index is 2.12. The summed E-state index contributed by atoms with van der Waals surface area (Å²) in [6, 6.07) is 9.82. The van der Waals surface area contributed by atoms with Crippen LogP contribution in [-0.4, -0.2) is 33.9 Å². The lowest BCUT2D eigenvalue weighted by atomic mass is 9.96. The van der Waals surface area contributed by atoms with Crippen molar-refractivity contribution >= 4 is 6.09 Å². The van der Waals surface area contributed by atoms with Gasteiger partial charge in [-0.15, -0.1) is 0 Å². The summed E-state index contributed by atoms with van der Waals surface area (Å²) in [6.07, 6.45) is 1.87. The Morgan fingerprint density at radius 1 is 1.32 bits per heavy atom.